The van der Waals surface area contributed by atoms with Gasteiger partial charge >= 0.3 is 5.97 Å². The van der Waals surface area contributed by atoms with E-state index in [-0.39, 0.29) is 44.0 Å². The van der Waals surface area contributed by atoms with E-state index >= 15 is 0 Å². The quantitative estimate of drug-likeness (QED) is 0.116. The van der Waals surface area contributed by atoms with Crippen molar-refractivity contribution < 1.29 is 58.6 Å². The van der Waals surface area contributed by atoms with Gasteiger partial charge in [0, 0.05) is 45.0 Å². The molecule has 6 N–H and O–H groups in total. The summed E-state index contributed by atoms with van der Waals surface area (Å²) >= 11 is 0. The third-order valence-electron chi connectivity index (χ3n) is 5.99. The van der Waals surface area contributed by atoms with Crippen molar-refractivity contribution in [1.29, 1.82) is 0 Å². The summed E-state index contributed by atoms with van der Waals surface area (Å²) in [6, 6.07) is 4.36. The number of anilines is 1. The number of aliphatic hydroxyl groups is 4. The first-order chi connectivity index (χ1) is 19.0. The molecule has 1 fully saturated rings. The lowest BCUT2D eigenvalue weighted by Crippen LogP contribution is -2.60. The fourth-order valence-corrected chi connectivity index (χ4v) is 3.82. The van der Waals surface area contributed by atoms with Crippen molar-refractivity contribution in [1.82, 2.24) is 10.2 Å². The van der Waals surface area contributed by atoms with E-state index in [2.05, 4.69) is 10.6 Å². The van der Waals surface area contributed by atoms with E-state index in [1.165, 1.54) is 25.1 Å². The molecule has 2 aliphatic rings. The number of amides is 4. The Kier molecular flexibility index (Phi) is 10.7. The van der Waals surface area contributed by atoms with Crippen LogP contribution >= 0.6 is 0 Å². The van der Waals surface area contributed by atoms with Crippen molar-refractivity contribution in [2.24, 2.45) is 0 Å². The molecule has 1 aromatic rings. The summed E-state index contributed by atoms with van der Waals surface area (Å²) in [5.74, 6) is -2.59. The van der Waals surface area contributed by atoms with Gasteiger partial charge in [0.25, 0.3) is 11.8 Å². The van der Waals surface area contributed by atoms with Gasteiger partial charge in [-0.05, 0) is 17.7 Å². The predicted molar refractivity (Wildman–Crippen MR) is 133 cm³/mol. The standard InChI is InChI=1S/C25H31N3O12/c1-13(30)38-12-14-2-3-16(39-25-24(37)23(36)22(35)17(11-29)40-25)15(10-14)27-19(32)6-8-26-18(31)7-9-28-20(33)4-5-21(28)34/h2-5,10,17,22-25,29,35-37H,6-9,11-12H2,1H3,(H,26,31)(H,27,32). The Bertz CT molecular complexity index is 1140. The second-order valence-electron chi connectivity index (χ2n) is 8.99. The molecule has 0 saturated carbocycles. The Morgan fingerprint density at radius 1 is 1.00 bits per heavy atom. The van der Waals surface area contributed by atoms with Crippen LogP contribution in [0.5, 0.6) is 5.75 Å². The monoisotopic (exact) mass is 565 g/mol. The Morgan fingerprint density at radius 3 is 2.35 bits per heavy atom. The maximum Gasteiger partial charge on any atom is 0.302 e. The number of rotatable bonds is 12. The summed E-state index contributed by atoms with van der Waals surface area (Å²) in [5.41, 5.74) is 0.553. The van der Waals surface area contributed by atoms with Gasteiger partial charge < -0.3 is 45.3 Å². The molecule has 2 heterocycles. The number of ether oxygens (including phenoxy) is 3. The second kappa shape index (κ2) is 14.0. The summed E-state index contributed by atoms with van der Waals surface area (Å²) in [5, 5.41) is 44.8. The molecule has 5 atom stereocenters. The third-order valence-corrected chi connectivity index (χ3v) is 5.99. The topological polar surface area (TPSA) is 221 Å². The average Bonchev–Trinajstić information content (AvgIpc) is 3.24. The first-order valence-electron chi connectivity index (χ1n) is 12.3. The van der Waals surface area contributed by atoms with Gasteiger partial charge in [-0.15, -0.1) is 0 Å². The van der Waals surface area contributed by atoms with Crippen LogP contribution in [0.4, 0.5) is 5.69 Å². The lowest BCUT2D eigenvalue weighted by atomic mass is 9.99. The van der Waals surface area contributed by atoms with Crippen molar-refractivity contribution in [3.8, 4) is 5.75 Å². The van der Waals surface area contributed by atoms with Crippen LogP contribution in [0.3, 0.4) is 0 Å². The zero-order valence-electron chi connectivity index (χ0n) is 21.5. The van der Waals surface area contributed by atoms with Crippen molar-refractivity contribution in [2.75, 3.05) is 25.0 Å². The molecule has 3 rings (SSSR count). The van der Waals surface area contributed by atoms with Crippen molar-refractivity contribution >= 4 is 35.3 Å². The van der Waals surface area contributed by atoms with Gasteiger partial charge in [-0.2, -0.15) is 0 Å². The Hall–Kier alpha value is -3.89. The highest BCUT2D eigenvalue weighted by Crippen LogP contribution is 2.31. The van der Waals surface area contributed by atoms with Crippen LogP contribution < -0.4 is 15.4 Å². The van der Waals surface area contributed by atoms with Crippen LogP contribution in [0.25, 0.3) is 0 Å². The van der Waals surface area contributed by atoms with Crippen LogP contribution in [0.2, 0.25) is 0 Å². The van der Waals surface area contributed by atoms with E-state index in [1.54, 1.807) is 0 Å². The van der Waals surface area contributed by atoms with Crippen LogP contribution in [0.15, 0.2) is 30.4 Å². The number of benzene rings is 1. The number of hydrogen-bond acceptors (Lipinski definition) is 12. The average molecular weight is 566 g/mol. The second-order valence-corrected chi connectivity index (χ2v) is 8.99. The molecule has 0 aliphatic carbocycles. The minimum absolute atomic E-state index is 0.0122. The summed E-state index contributed by atoms with van der Waals surface area (Å²) < 4.78 is 16.0. The maximum absolute atomic E-state index is 12.6. The van der Waals surface area contributed by atoms with Gasteiger partial charge in [0.15, 0.2) is 0 Å². The molecule has 0 spiro atoms. The molecule has 4 amide bonds. The molecule has 5 unspecified atom stereocenters. The molecule has 2 aliphatic heterocycles. The van der Waals surface area contributed by atoms with Gasteiger partial charge in [0.05, 0.1) is 12.3 Å². The molecule has 15 nitrogen and oxygen atoms in total. The summed E-state index contributed by atoms with van der Waals surface area (Å²) in [4.78, 5) is 59.9. The fraction of sp³-hybridized carbons (Fsp3) is 0.480. The first kappa shape index (κ1) is 30.6. The number of carbonyl (C=O) groups is 5. The zero-order valence-corrected chi connectivity index (χ0v) is 21.5. The molecule has 40 heavy (non-hydrogen) atoms. The number of hydrogen-bond donors (Lipinski definition) is 6. The molecule has 1 aromatic carbocycles. The number of carbonyl (C=O) groups excluding carboxylic acids is 5. The number of imide groups is 1. The number of esters is 1. The van der Waals surface area contributed by atoms with Crippen LogP contribution in [0.1, 0.15) is 25.3 Å². The van der Waals surface area contributed by atoms with E-state index in [1.807, 2.05) is 0 Å². The third kappa shape index (κ3) is 8.06. The summed E-state index contributed by atoms with van der Waals surface area (Å²) in [7, 11) is 0. The normalized spacial score (nSPS) is 24.1. The van der Waals surface area contributed by atoms with Gasteiger partial charge in [0.2, 0.25) is 18.1 Å². The van der Waals surface area contributed by atoms with Crippen molar-refractivity contribution in [3.63, 3.8) is 0 Å². The zero-order chi connectivity index (χ0) is 29.4. The molecule has 0 bridgehead atoms. The highest BCUT2D eigenvalue weighted by atomic mass is 16.7. The van der Waals surface area contributed by atoms with Gasteiger partial charge in [-0.3, -0.25) is 28.9 Å². The molecular weight excluding hydrogens is 534 g/mol. The van der Waals surface area contributed by atoms with Gasteiger partial charge in [0.1, 0.15) is 36.8 Å². The van der Waals surface area contributed by atoms with E-state index in [9.17, 15) is 44.4 Å². The molecule has 0 aromatic heterocycles. The smallest absolute Gasteiger partial charge is 0.302 e. The maximum atomic E-state index is 12.6. The Labute approximate surface area is 228 Å². The molecule has 1 saturated heterocycles. The molecular formula is C25H31N3O12. The van der Waals surface area contributed by atoms with Crippen molar-refractivity contribution in [3.05, 3.63) is 35.9 Å². The minimum atomic E-state index is -1.70. The highest BCUT2D eigenvalue weighted by molar-refractivity contribution is 6.13. The van der Waals surface area contributed by atoms with Crippen LogP contribution in [-0.4, -0.2) is 105 Å². The van der Waals surface area contributed by atoms with Gasteiger partial charge in [-0.25, -0.2) is 0 Å². The van der Waals surface area contributed by atoms with E-state index in [0.717, 1.165) is 17.1 Å². The first-order valence-corrected chi connectivity index (χ1v) is 12.3. The SMILES string of the molecule is CC(=O)OCc1ccc(OC2OC(CO)C(O)C(O)C2O)c(NC(=O)CCNC(=O)CCN2C(=O)C=CC2=O)c1. The number of aliphatic hydroxyl groups excluding tert-OH is 4. The predicted octanol–water partition coefficient (Wildman–Crippen LogP) is -2.31. The largest absolute Gasteiger partial charge is 0.461 e. The summed E-state index contributed by atoms with van der Waals surface area (Å²) in [6.07, 6.45) is -5.80. The Balaban J connectivity index is 1.61. The number of nitrogens with one attached hydrogen (secondary N) is 2. The Morgan fingerprint density at radius 2 is 1.70 bits per heavy atom. The number of nitrogens with zero attached hydrogens (tertiary/aromatic N) is 1. The van der Waals surface area contributed by atoms with E-state index < -0.39 is 66.9 Å². The fourth-order valence-electron chi connectivity index (χ4n) is 3.82. The van der Waals surface area contributed by atoms with Crippen LogP contribution in [-0.2, 0) is 40.1 Å². The molecule has 0 radical (unpaired) electrons. The lowest BCUT2D eigenvalue weighted by molar-refractivity contribution is -0.277. The highest BCUT2D eigenvalue weighted by Gasteiger charge is 2.45. The van der Waals surface area contributed by atoms with Crippen molar-refractivity contribution in [2.45, 2.75) is 57.1 Å². The van der Waals surface area contributed by atoms with Gasteiger partial charge in [-0.1, -0.05) is 6.07 Å². The van der Waals surface area contributed by atoms with E-state index in [4.69, 9.17) is 14.2 Å². The lowest BCUT2D eigenvalue weighted by Gasteiger charge is -2.39. The van der Waals surface area contributed by atoms with Crippen LogP contribution in [0, 0.1) is 0 Å². The minimum Gasteiger partial charge on any atom is -0.461 e. The molecule has 218 valence electrons. The summed E-state index contributed by atoms with van der Waals surface area (Å²) in [6.45, 7) is 0.276. The molecule has 15 heteroatoms. The van der Waals surface area contributed by atoms with E-state index in [0.29, 0.717) is 5.56 Å².